The molecular weight excluding hydrogens is 320 g/mol. The summed E-state index contributed by atoms with van der Waals surface area (Å²) in [6.45, 7) is 13.6. The van der Waals surface area contributed by atoms with Crippen LogP contribution >= 0.6 is 0 Å². The van der Waals surface area contributed by atoms with Crippen LogP contribution in [0.1, 0.15) is 41.5 Å². The maximum absolute atomic E-state index is 6.67. The van der Waals surface area contributed by atoms with E-state index in [4.69, 9.17) is 13.0 Å². The molecule has 0 bridgehead atoms. The van der Waals surface area contributed by atoms with Crippen molar-refractivity contribution in [2.45, 2.75) is 59.7 Å². The van der Waals surface area contributed by atoms with E-state index in [1.54, 1.807) is 21.3 Å². The van der Waals surface area contributed by atoms with Gasteiger partial charge in [0, 0.05) is 0 Å². The van der Waals surface area contributed by atoms with Crippen LogP contribution in [-0.2, 0) is 31.1 Å². The first-order chi connectivity index (χ1) is 9.64. The molecular formula is C15H36O4SiTi. The number of rotatable bonds is 11. The van der Waals surface area contributed by atoms with Crippen molar-refractivity contribution in [2.75, 3.05) is 21.3 Å². The molecule has 0 radical (unpaired) electrons. The Kier molecular flexibility index (Phi) is 10.2. The van der Waals surface area contributed by atoms with E-state index in [0.717, 1.165) is 18.1 Å². The third-order valence-electron chi connectivity index (χ3n) is 3.43. The Bertz CT molecular complexity index is 246. The topological polar surface area (TPSA) is 36.9 Å². The molecule has 0 spiro atoms. The molecule has 0 rings (SSSR count). The first kappa shape index (κ1) is 21.8. The Hall–Kier alpha value is 0.771. The van der Waals surface area contributed by atoms with Crippen LogP contribution in [0.5, 0.6) is 0 Å². The molecule has 0 saturated carbocycles. The molecule has 0 atom stereocenters. The molecule has 0 aliphatic carbocycles. The van der Waals surface area contributed by atoms with E-state index in [-0.39, 0.29) is 0 Å². The zero-order valence-corrected chi connectivity index (χ0v) is 18.0. The van der Waals surface area contributed by atoms with Crippen LogP contribution in [0.2, 0.25) is 18.1 Å². The summed E-state index contributed by atoms with van der Waals surface area (Å²) in [4.78, 5) is 0. The fourth-order valence-corrected chi connectivity index (χ4v) is 14.8. The first-order valence-electron chi connectivity index (χ1n) is 7.99. The van der Waals surface area contributed by atoms with Crippen molar-refractivity contribution < 1.29 is 31.1 Å². The molecule has 0 unspecified atom stereocenters. The van der Waals surface area contributed by atoms with Gasteiger partial charge >= 0.3 is 138 Å². The van der Waals surface area contributed by atoms with Gasteiger partial charge in [0.05, 0.1) is 0 Å². The Morgan fingerprint density at radius 3 is 1.14 bits per heavy atom. The van der Waals surface area contributed by atoms with Crippen LogP contribution in [0, 0.1) is 17.8 Å². The van der Waals surface area contributed by atoms with E-state index < -0.39 is 26.5 Å². The zero-order chi connectivity index (χ0) is 16.7. The molecule has 0 aromatic rings. The van der Waals surface area contributed by atoms with Crippen molar-refractivity contribution in [2.24, 2.45) is 17.8 Å². The second-order valence-electron chi connectivity index (χ2n) is 7.19. The summed E-state index contributed by atoms with van der Waals surface area (Å²) in [6.07, 6.45) is 0. The fourth-order valence-electron chi connectivity index (χ4n) is 3.25. The average molecular weight is 356 g/mol. The molecule has 0 aromatic carbocycles. The Morgan fingerprint density at radius 1 is 0.667 bits per heavy atom. The van der Waals surface area contributed by atoms with E-state index in [1.807, 2.05) is 0 Å². The van der Waals surface area contributed by atoms with Crippen LogP contribution in [0.15, 0.2) is 0 Å². The normalized spacial score (nSPS) is 13.7. The van der Waals surface area contributed by atoms with Gasteiger partial charge < -0.3 is 0 Å². The van der Waals surface area contributed by atoms with Crippen molar-refractivity contribution >= 4 is 8.32 Å². The van der Waals surface area contributed by atoms with Crippen LogP contribution in [0.3, 0.4) is 0 Å². The van der Waals surface area contributed by atoms with E-state index in [9.17, 15) is 0 Å². The monoisotopic (exact) mass is 356 g/mol. The Balaban J connectivity index is 5.49. The first-order valence-corrected chi connectivity index (χ1v) is 13.1. The molecule has 0 N–H and O–H groups in total. The standard InChI is InChI=1S/C12H27OSi.3CH3O.Ti/c1-10(2)7-14(13,8-11(3)4)9-12(5)6;3*1-2;/h10-12H,7-9H2,1-6H3;3*1H3;/q4*-1;+4. The zero-order valence-electron chi connectivity index (χ0n) is 15.5. The van der Waals surface area contributed by atoms with Gasteiger partial charge in [0.25, 0.3) is 0 Å². The Labute approximate surface area is 138 Å². The minimum atomic E-state index is -3.56. The third-order valence-corrected chi connectivity index (χ3v) is 14.3. The summed E-state index contributed by atoms with van der Waals surface area (Å²) >= 11 is -3.56. The van der Waals surface area contributed by atoms with Crippen molar-refractivity contribution in [1.29, 1.82) is 0 Å². The second-order valence-corrected chi connectivity index (χ2v) is 15.4. The number of hydrogen-bond donors (Lipinski definition) is 0. The van der Waals surface area contributed by atoms with Gasteiger partial charge in [-0.2, -0.15) is 0 Å². The summed E-state index contributed by atoms with van der Waals surface area (Å²) in [5, 5.41) is 0. The molecule has 0 amide bonds. The molecule has 0 fully saturated rings. The molecule has 21 heavy (non-hydrogen) atoms. The van der Waals surface area contributed by atoms with E-state index in [1.165, 1.54) is 0 Å². The third kappa shape index (κ3) is 7.73. The Morgan fingerprint density at radius 2 is 0.952 bits per heavy atom. The van der Waals surface area contributed by atoms with Crippen LogP contribution in [-0.4, -0.2) is 29.6 Å². The van der Waals surface area contributed by atoms with Gasteiger partial charge in [-0.3, -0.25) is 0 Å². The second kappa shape index (κ2) is 9.81. The van der Waals surface area contributed by atoms with Crippen molar-refractivity contribution in [3.05, 3.63) is 0 Å². The molecule has 6 heteroatoms. The van der Waals surface area contributed by atoms with Crippen molar-refractivity contribution in [3.8, 4) is 0 Å². The maximum atomic E-state index is 6.67. The van der Waals surface area contributed by atoms with Crippen LogP contribution < -0.4 is 0 Å². The SMILES string of the molecule is C[O][Ti]([O]C)([O]C)[O][Si](CC(C)C)(CC(C)C)CC(C)C. The van der Waals surface area contributed by atoms with Gasteiger partial charge in [-0.1, -0.05) is 0 Å². The van der Waals surface area contributed by atoms with Gasteiger partial charge in [0.2, 0.25) is 0 Å². The molecule has 0 aliphatic rings. The predicted octanol–water partition coefficient (Wildman–Crippen LogP) is 4.67. The van der Waals surface area contributed by atoms with E-state index in [0.29, 0.717) is 17.8 Å². The molecule has 4 nitrogen and oxygen atoms in total. The molecule has 0 aromatic heterocycles. The molecule has 0 heterocycles. The van der Waals surface area contributed by atoms with Crippen LogP contribution in [0.25, 0.3) is 0 Å². The number of hydrogen-bond acceptors (Lipinski definition) is 4. The summed E-state index contributed by atoms with van der Waals surface area (Å²) in [5.41, 5.74) is 0. The minimum absolute atomic E-state index is 0.611. The van der Waals surface area contributed by atoms with E-state index in [2.05, 4.69) is 41.5 Å². The summed E-state index contributed by atoms with van der Waals surface area (Å²) < 4.78 is 23.4. The molecule has 128 valence electrons. The molecule has 0 saturated heterocycles. The predicted molar refractivity (Wildman–Crippen MR) is 86.8 cm³/mol. The van der Waals surface area contributed by atoms with Gasteiger partial charge in [-0.05, 0) is 0 Å². The van der Waals surface area contributed by atoms with Gasteiger partial charge in [0.15, 0.2) is 0 Å². The van der Waals surface area contributed by atoms with Gasteiger partial charge in [0.1, 0.15) is 0 Å². The van der Waals surface area contributed by atoms with Crippen LogP contribution in [0.4, 0.5) is 0 Å². The van der Waals surface area contributed by atoms with Crippen molar-refractivity contribution in [3.63, 3.8) is 0 Å². The summed E-state index contributed by atoms with van der Waals surface area (Å²) in [6, 6.07) is 3.39. The quantitative estimate of drug-likeness (QED) is 0.504. The van der Waals surface area contributed by atoms with Gasteiger partial charge in [-0.15, -0.1) is 0 Å². The molecule has 0 aliphatic heterocycles. The summed E-state index contributed by atoms with van der Waals surface area (Å²) in [7, 11) is 2.96. The fraction of sp³-hybridized carbons (Fsp3) is 1.00. The average Bonchev–Trinajstić information content (AvgIpc) is 2.33. The van der Waals surface area contributed by atoms with E-state index >= 15 is 0 Å². The van der Waals surface area contributed by atoms with Crippen molar-refractivity contribution in [1.82, 2.24) is 0 Å². The summed E-state index contributed by atoms with van der Waals surface area (Å²) in [5.74, 6) is 1.83. The van der Waals surface area contributed by atoms with Gasteiger partial charge in [-0.25, -0.2) is 0 Å².